The topological polar surface area (TPSA) is 12.0 Å². The van der Waals surface area contributed by atoms with E-state index in [-0.39, 0.29) is 21.5 Å². The van der Waals surface area contributed by atoms with E-state index in [2.05, 4.69) is 31.3 Å². The zero-order valence-corrected chi connectivity index (χ0v) is 9.60. The van der Waals surface area contributed by atoms with Crippen LogP contribution in [-0.4, -0.2) is 11.0 Å². The second kappa shape index (κ2) is 6.40. The third-order valence-corrected chi connectivity index (χ3v) is 3.75. The van der Waals surface area contributed by atoms with Gasteiger partial charge in [-0.3, -0.25) is 0 Å². The van der Waals surface area contributed by atoms with Crippen LogP contribution >= 0.6 is 0 Å². The predicted octanol–water partition coefficient (Wildman–Crippen LogP) is -0.965. The number of halogens is 1. The Morgan fingerprint density at radius 3 is 2.20 bits per heavy atom. The van der Waals surface area contributed by atoms with Crippen molar-refractivity contribution >= 4 is 0 Å². The van der Waals surface area contributed by atoms with E-state index in [1.807, 2.05) is 0 Å². The average molecular weight is 256 g/mol. The normalized spacial score (nSPS) is 14.5. The number of alkyl halides is 1. The van der Waals surface area contributed by atoms with Crippen LogP contribution in [0.1, 0.15) is 33.6 Å². The molecule has 1 nitrogen and oxygen atoms in total. The molecule has 0 aliphatic carbocycles. The van der Waals surface area contributed by atoms with E-state index in [0.717, 1.165) is 9.84 Å². The first-order chi connectivity index (χ1) is 4.66. The van der Waals surface area contributed by atoms with Gasteiger partial charge in [0.2, 0.25) is 0 Å². The van der Waals surface area contributed by atoms with Gasteiger partial charge < -0.3 is 0 Å². The van der Waals surface area contributed by atoms with Crippen LogP contribution < -0.4 is 25.0 Å². The second-order valence-corrected chi connectivity index (χ2v) is 6.88. The zero-order chi connectivity index (χ0) is 7.98. The van der Waals surface area contributed by atoms with Gasteiger partial charge in [-0.25, -0.2) is 0 Å². The van der Waals surface area contributed by atoms with E-state index in [4.69, 9.17) is 0 Å². The average Bonchev–Trinajstić information content (AvgIpc) is 1.85. The van der Waals surface area contributed by atoms with Gasteiger partial charge in [-0.1, -0.05) is 0 Å². The first-order valence-electron chi connectivity index (χ1n) is 3.96. The summed E-state index contributed by atoms with van der Waals surface area (Å²) in [4.78, 5) is 0. The van der Waals surface area contributed by atoms with Crippen LogP contribution in [0.4, 0.5) is 0 Å². The zero-order valence-electron chi connectivity index (χ0n) is 7.45. The van der Waals surface area contributed by atoms with Crippen molar-refractivity contribution in [2.24, 2.45) is 5.92 Å². The molecule has 0 amide bonds. The maximum atomic E-state index is 3.30. The van der Waals surface area contributed by atoms with Gasteiger partial charge in [0.25, 0.3) is 0 Å². The molecule has 64 valence electrons. The summed E-state index contributed by atoms with van der Waals surface area (Å²) in [7, 11) is 2.07. The number of hydrogen-bond donors (Lipinski definition) is 1. The Morgan fingerprint density at radius 2 is 1.80 bits per heavy atom. The van der Waals surface area contributed by atoms with Gasteiger partial charge in [0.15, 0.2) is 0 Å². The molecule has 0 saturated carbocycles. The minimum atomic E-state index is 0.283. The number of rotatable bonds is 5. The van der Waals surface area contributed by atoms with E-state index in [1.54, 1.807) is 0 Å². The molecule has 0 rings (SSSR count). The Hall–Kier alpha value is 0.690. The molecular formula is C8H19IN-. The predicted molar refractivity (Wildman–Crippen MR) is 42.6 cm³/mol. The maximum absolute atomic E-state index is 3.30. The van der Waals surface area contributed by atoms with Crippen molar-refractivity contribution < 1.29 is 21.5 Å². The third kappa shape index (κ3) is 6.81. The molecule has 0 aromatic carbocycles. The molecule has 10 heavy (non-hydrogen) atoms. The SMILES string of the molecule is CN[I-][C@@H](C)CCC(C)C. The van der Waals surface area contributed by atoms with E-state index < -0.39 is 0 Å². The van der Waals surface area contributed by atoms with Gasteiger partial charge in [0.05, 0.1) is 0 Å². The summed E-state index contributed by atoms with van der Waals surface area (Å²) < 4.78 is 4.25. The van der Waals surface area contributed by atoms with Crippen molar-refractivity contribution in [1.29, 1.82) is 0 Å². The van der Waals surface area contributed by atoms with Crippen molar-refractivity contribution in [2.75, 3.05) is 7.05 Å². The molecule has 0 heterocycles. The molecule has 0 spiro atoms. The van der Waals surface area contributed by atoms with Crippen LogP contribution in [0.5, 0.6) is 0 Å². The molecule has 0 aliphatic heterocycles. The van der Waals surface area contributed by atoms with Crippen LogP contribution in [0.25, 0.3) is 0 Å². The third-order valence-electron chi connectivity index (χ3n) is 1.44. The fourth-order valence-corrected chi connectivity index (χ4v) is 2.54. The quantitative estimate of drug-likeness (QED) is 0.379. The van der Waals surface area contributed by atoms with Gasteiger partial charge in [-0.2, -0.15) is 0 Å². The first kappa shape index (κ1) is 10.7. The Labute approximate surface area is 75.6 Å². The molecule has 1 atom stereocenters. The summed E-state index contributed by atoms with van der Waals surface area (Å²) in [5.41, 5.74) is 0. The minimum absolute atomic E-state index is 0.283. The number of nitrogens with one attached hydrogen (secondary N) is 1. The molecule has 0 aromatic rings. The van der Waals surface area contributed by atoms with Crippen LogP contribution in [0, 0.1) is 5.92 Å². The Balaban J connectivity index is 3.12. The fraction of sp³-hybridized carbons (Fsp3) is 1.00. The monoisotopic (exact) mass is 256 g/mol. The van der Waals surface area contributed by atoms with Crippen LogP contribution in [0.3, 0.4) is 0 Å². The summed E-state index contributed by atoms with van der Waals surface area (Å²) >= 11 is 0.283. The van der Waals surface area contributed by atoms with Crippen molar-refractivity contribution in [1.82, 2.24) is 3.53 Å². The van der Waals surface area contributed by atoms with E-state index >= 15 is 0 Å². The molecular weight excluding hydrogens is 237 g/mol. The van der Waals surface area contributed by atoms with Crippen molar-refractivity contribution in [3.05, 3.63) is 0 Å². The van der Waals surface area contributed by atoms with Crippen LogP contribution in [0.2, 0.25) is 0 Å². The van der Waals surface area contributed by atoms with Gasteiger partial charge in [-0.05, 0) is 0 Å². The molecule has 0 fully saturated rings. The van der Waals surface area contributed by atoms with E-state index in [9.17, 15) is 0 Å². The number of hydrogen-bond acceptors (Lipinski definition) is 1. The summed E-state index contributed by atoms with van der Waals surface area (Å²) in [6.07, 6.45) is 2.80. The van der Waals surface area contributed by atoms with E-state index in [0.29, 0.717) is 0 Å². The Kier molecular flexibility index (Phi) is 6.85. The van der Waals surface area contributed by atoms with Gasteiger partial charge in [-0.15, -0.1) is 0 Å². The molecule has 0 unspecified atom stereocenters. The summed E-state index contributed by atoms with van der Waals surface area (Å²) in [6, 6.07) is 0. The summed E-state index contributed by atoms with van der Waals surface area (Å²) in [5, 5.41) is 0. The van der Waals surface area contributed by atoms with Crippen molar-refractivity contribution in [3.8, 4) is 0 Å². The fourth-order valence-electron chi connectivity index (χ4n) is 0.804. The molecule has 2 heteroatoms. The van der Waals surface area contributed by atoms with E-state index in [1.165, 1.54) is 12.8 Å². The molecule has 0 aromatic heterocycles. The van der Waals surface area contributed by atoms with Crippen LogP contribution in [-0.2, 0) is 0 Å². The molecule has 0 aliphatic rings. The first-order valence-corrected chi connectivity index (χ1v) is 6.28. The van der Waals surface area contributed by atoms with Gasteiger partial charge >= 0.3 is 75.5 Å². The summed E-state index contributed by atoms with van der Waals surface area (Å²) in [5.74, 6) is 0.878. The molecule has 0 radical (unpaired) electrons. The molecule has 0 bridgehead atoms. The molecule has 0 saturated heterocycles. The van der Waals surface area contributed by atoms with Crippen molar-refractivity contribution in [3.63, 3.8) is 0 Å². The van der Waals surface area contributed by atoms with Crippen LogP contribution in [0.15, 0.2) is 0 Å². The second-order valence-electron chi connectivity index (χ2n) is 3.05. The standard InChI is InChI=1S/C8H19IN/c1-7(2)5-6-8(3)9-10-4/h7-8,10H,5-6H2,1-4H3/q-1/t8-/m0/s1. The summed E-state index contributed by atoms with van der Waals surface area (Å²) in [6.45, 7) is 6.95. The van der Waals surface area contributed by atoms with Gasteiger partial charge in [0.1, 0.15) is 0 Å². The van der Waals surface area contributed by atoms with Crippen molar-refractivity contribution in [2.45, 2.75) is 37.5 Å². The Morgan fingerprint density at radius 1 is 1.20 bits per heavy atom. The molecule has 1 N–H and O–H groups in total. The van der Waals surface area contributed by atoms with Gasteiger partial charge in [0, 0.05) is 0 Å². The Bertz CT molecular complexity index is 73.7.